The molecule has 0 saturated carbocycles. The summed E-state index contributed by atoms with van der Waals surface area (Å²) < 4.78 is 0. The summed E-state index contributed by atoms with van der Waals surface area (Å²) in [5.41, 5.74) is 27.9. The Bertz CT molecular complexity index is 1130. The molecule has 17 nitrogen and oxygen atoms in total. The third-order valence-corrected chi connectivity index (χ3v) is 10.3. The van der Waals surface area contributed by atoms with Crippen LogP contribution in [0.5, 0.6) is 0 Å². The summed E-state index contributed by atoms with van der Waals surface area (Å²) in [4.78, 5) is 77.3. The number of hydrogen-bond donors (Lipinski definition) is 11. The molecule has 3 amide bonds. The number of carbonyl (C=O) groups is 6. The van der Waals surface area contributed by atoms with Crippen molar-refractivity contribution < 1.29 is 28.8 Å². The van der Waals surface area contributed by atoms with E-state index in [1.54, 1.807) is 0 Å². The van der Waals surface area contributed by atoms with E-state index in [4.69, 9.17) is 28.7 Å². The number of unbranched alkanes of at least 4 members (excludes halogenated alkanes) is 10. The number of rotatable bonds is 45. The molecule has 0 radical (unpaired) electrons. The van der Waals surface area contributed by atoms with Crippen LogP contribution in [0, 0.1) is 0 Å². The molecule has 0 saturated heterocycles. The molecule has 0 bridgehead atoms. The Morgan fingerprint density at radius 1 is 0.333 bits per heavy atom. The van der Waals surface area contributed by atoms with Gasteiger partial charge in [-0.15, -0.1) is 0 Å². The van der Waals surface area contributed by atoms with E-state index in [9.17, 15) is 28.8 Å². The first-order chi connectivity index (χ1) is 29.1. The van der Waals surface area contributed by atoms with E-state index in [0.717, 1.165) is 83.5 Å². The Labute approximate surface area is 361 Å². The zero-order valence-corrected chi connectivity index (χ0v) is 37.1. The SMILES string of the molecule is NCCCCCC(=O)C(CC(=O)CCCCCNC(CC(=O)NCCCCN)C(=O)CCCCCNC(=O)CC(NCCCCN)C(=O)NCCCCN)NCCCCN. The smallest absolute Gasteiger partial charge is 0.237 e. The Hall–Kier alpha value is -2.90. The van der Waals surface area contributed by atoms with Crippen molar-refractivity contribution in [1.29, 1.82) is 0 Å². The molecule has 17 heteroatoms. The van der Waals surface area contributed by atoms with Crippen molar-refractivity contribution in [3.63, 3.8) is 0 Å². The predicted molar refractivity (Wildman–Crippen MR) is 241 cm³/mol. The number of amides is 3. The second-order valence-corrected chi connectivity index (χ2v) is 15.8. The standard InChI is InChI=1S/C43H87N11O6/c44-21-7-1-5-19-39(56)36(49-27-14-8-22-45)32-35(55)18-4-2-12-26-50-37(33-41(58)53-30-16-10-24-47)40(57)20-6-3-13-29-52-42(59)34-38(51-28-15-9-23-46)43(60)54-31-17-11-25-48/h36-38,49-51H,1-34,44-48H2,(H,52,59)(H,53,58)(H,54,60). The first kappa shape index (κ1) is 57.1. The lowest BCUT2D eigenvalue weighted by Gasteiger charge is -2.19. The number of hydrogen-bond acceptors (Lipinski definition) is 14. The maximum atomic E-state index is 13.3. The zero-order chi connectivity index (χ0) is 44.5. The van der Waals surface area contributed by atoms with E-state index in [1.807, 2.05) is 0 Å². The average Bonchev–Trinajstić information content (AvgIpc) is 3.23. The van der Waals surface area contributed by atoms with Gasteiger partial charge in [-0.25, -0.2) is 0 Å². The van der Waals surface area contributed by atoms with E-state index in [-0.39, 0.29) is 54.3 Å². The van der Waals surface area contributed by atoms with Gasteiger partial charge in [-0.3, -0.25) is 28.8 Å². The van der Waals surface area contributed by atoms with Crippen LogP contribution in [0.15, 0.2) is 0 Å². The number of carbonyl (C=O) groups excluding carboxylic acids is 6. The molecule has 350 valence electrons. The maximum absolute atomic E-state index is 13.3. The Morgan fingerprint density at radius 3 is 1.15 bits per heavy atom. The Morgan fingerprint density at radius 2 is 0.667 bits per heavy atom. The lowest BCUT2D eigenvalue weighted by atomic mass is 9.98. The summed E-state index contributed by atoms with van der Waals surface area (Å²) in [5.74, 6) is -0.533. The summed E-state index contributed by atoms with van der Waals surface area (Å²) >= 11 is 0. The maximum Gasteiger partial charge on any atom is 0.237 e. The van der Waals surface area contributed by atoms with Crippen LogP contribution in [0.4, 0.5) is 0 Å². The Kier molecular flexibility index (Phi) is 39.4. The molecular formula is C43H87N11O6. The molecule has 0 aliphatic rings. The van der Waals surface area contributed by atoms with Crippen molar-refractivity contribution in [1.82, 2.24) is 31.9 Å². The highest BCUT2D eigenvalue weighted by Gasteiger charge is 2.23. The molecule has 60 heavy (non-hydrogen) atoms. The summed E-state index contributed by atoms with van der Waals surface area (Å²) in [6.07, 6.45) is 14.6. The fourth-order valence-corrected chi connectivity index (χ4v) is 6.59. The molecule has 0 spiro atoms. The third-order valence-electron chi connectivity index (χ3n) is 10.3. The first-order valence-corrected chi connectivity index (χ1v) is 23.2. The molecule has 3 unspecified atom stereocenters. The highest BCUT2D eigenvalue weighted by atomic mass is 16.2. The Balaban J connectivity index is 4.87. The summed E-state index contributed by atoms with van der Waals surface area (Å²) in [6.45, 7) is 6.07. The highest BCUT2D eigenvalue weighted by Crippen LogP contribution is 2.11. The molecule has 16 N–H and O–H groups in total. The number of Topliss-reactive ketones (excluding diaryl/α,β-unsaturated/α-hetero) is 3. The van der Waals surface area contributed by atoms with Crippen LogP contribution in [-0.4, -0.2) is 125 Å². The molecule has 0 aromatic rings. The van der Waals surface area contributed by atoms with Gasteiger partial charge in [0.15, 0.2) is 0 Å². The molecular weight excluding hydrogens is 767 g/mol. The van der Waals surface area contributed by atoms with Crippen molar-refractivity contribution in [3.8, 4) is 0 Å². The lowest BCUT2D eigenvalue weighted by Crippen LogP contribution is -2.47. The first-order valence-electron chi connectivity index (χ1n) is 23.2. The van der Waals surface area contributed by atoms with Gasteiger partial charge in [-0.05, 0) is 142 Å². The third kappa shape index (κ3) is 33.8. The van der Waals surface area contributed by atoms with Gasteiger partial charge in [0.2, 0.25) is 17.7 Å². The predicted octanol–water partition coefficient (Wildman–Crippen LogP) is 0.683. The minimum atomic E-state index is -0.640. The highest BCUT2D eigenvalue weighted by molar-refractivity contribution is 5.91. The van der Waals surface area contributed by atoms with Gasteiger partial charge < -0.3 is 60.6 Å². The van der Waals surface area contributed by atoms with Crippen molar-refractivity contribution in [3.05, 3.63) is 0 Å². The molecule has 3 atom stereocenters. The topological polar surface area (TPSA) is 305 Å². The van der Waals surface area contributed by atoms with Gasteiger partial charge in [0.05, 0.1) is 24.5 Å². The minimum Gasteiger partial charge on any atom is -0.356 e. The van der Waals surface area contributed by atoms with E-state index in [1.165, 1.54) is 0 Å². The number of nitrogens with one attached hydrogen (secondary N) is 6. The van der Waals surface area contributed by atoms with Gasteiger partial charge in [0.25, 0.3) is 0 Å². The molecule has 0 aromatic carbocycles. The summed E-state index contributed by atoms with van der Waals surface area (Å²) in [7, 11) is 0. The van der Waals surface area contributed by atoms with Crippen molar-refractivity contribution in [2.75, 3.05) is 72.0 Å². The summed E-state index contributed by atoms with van der Waals surface area (Å²) in [5, 5.41) is 18.4. The van der Waals surface area contributed by atoms with E-state index >= 15 is 0 Å². The van der Waals surface area contributed by atoms with Gasteiger partial charge in [-0.1, -0.05) is 19.3 Å². The van der Waals surface area contributed by atoms with Gasteiger partial charge in [-0.2, -0.15) is 0 Å². The van der Waals surface area contributed by atoms with Gasteiger partial charge in [0, 0.05) is 51.7 Å². The average molecular weight is 854 g/mol. The largest absolute Gasteiger partial charge is 0.356 e. The van der Waals surface area contributed by atoms with Crippen LogP contribution in [0.2, 0.25) is 0 Å². The fourth-order valence-electron chi connectivity index (χ4n) is 6.59. The van der Waals surface area contributed by atoms with Crippen molar-refractivity contribution >= 4 is 35.1 Å². The van der Waals surface area contributed by atoms with E-state index < -0.39 is 18.1 Å². The number of nitrogens with two attached hydrogens (primary N) is 5. The molecule has 0 rings (SSSR count). The fraction of sp³-hybridized carbons (Fsp3) is 0.860. The number of ketones is 3. The van der Waals surface area contributed by atoms with Crippen LogP contribution in [0.3, 0.4) is 0 Å². The minimum absolute atomic E-state index is 0.0208. The van der Waals surface area contributed by atoms with Crippen molar-refractivity contribution in [2.24, 2.45) is 28.7 Å². The zero-order valence-electron chi connectivity index (χ0n) is 37.1. The quantitative estimate of drug-likeness (QED) is 0.0376. The van der Waals surface area contributed by atoms with Crippen LogP contribution in [0.1, 0.15) is 148 Å². The molecule has 0 aromatic heterocycles. The van der Waals surface area contributed by atoms with Gasteiger partial charge >= 0.3 is 0 Å². The second kappa shape index (κ2) is 41.5. The van der Waals surface area contributed by atoms with E-state index in [0.29, 0.717) is 117 Å². The van der Waals surface area contributed by atoms with Crippen LogP contribution >= 0.6 is 0 Å². The van der Waals surface area contributed by atoms with Crippen LogP contribution in [-0.2, 0) is 28.8 Å². The monoisotopic (exact) mass is 854 g/mol. The molecule has 0 fully saturated rings. The normalized spacial score (nSPS) is 12.8. The van der Waals surface area contributed by atoms with E-state index in [2.05, 4.69) is 31.9 Å². The van der Waals surface area contributed by atoms with Crippen LogP contribution in [0.25, 0.3) is 0 Å². The van der Waals surface area contributed by atoms with Gasteiger partial charge in [0.1, 0.15) is 17.3 Å². The summed E-state index contributed by atoms with van der Waals surface area (Å²) in [6, 6.07) is -1.74. The molecule has 0 aliphatic carbocycles. The van der Waals surface area contributed by atoms with Crippen LogP contribution < -0.4 is 60.6 Å². The second-order valence-electron chi connectivity index (χ2n) is 15.8. The molecule has 0 heterocycles. The molecule has 0 aliphatic heterocycles. The van der Waals surface area contributed by atoms with Crippen molar-refractivity contribution in [2.45, 2.75) is 166 Å². The lowest BCUT2D eigenvalue weighted by molar-refractivity contribution is -0.128.